The molecule has 32 heavy (non-hydrogen) atoms. The van der Waals surface area contributed by atoms with Crippen LogP contribution in [0.2, 0.25) is 0 Å². The van der Waals surface area contributed by atoms with Gasteiger partial charge in [-0.05, 0) is 50.2 Å². The van der Waals surface area contributed by atoms with Crippen molar-refractivity contribution in [2.75, 3.05) is 26.2 Å². The zero-order valence-electron chi connectivity index (χ0n) is 18.2. The van der Waals surface area contributed by atoms with E-state index in [2.05, 4.69) is 10.2 Å². The molecular formula is C23H28N6O2S. The minimum atomic E-state index is 0.0896. The molecular weight excluding hydrogens is 424 g/mol. The predicted octanol–water partition coefficient (Wildman–Crippen LogP) is 2.96. The number of carbonyl (C=O) groups is 2. The zero-order valence-corrected chi connectivity index (χ0v) is 19.0. The van der Waals surface area contributed by atoms with Gasteiger partial charge in [0.05, 0.1) is 12.8 Å². The molecule has 2 aliphatic heterocycles. The molecule has 2 fully saturated rings. The van der Waals surface area contributed by atoms with E-state index in [9.17, 15) is 9.59 Å². The van der Waals surface area contributed by atoms with E-state index >= 15 is 0 Å². The van der Waals surface area contributed by atoms with Gasteiger partial charge >= 0.3 is 0 Å². The number of hydrogen-bond acceptors (Lipinski definition) is 6. The number of amides is 2. The van der Waals surface area contributed by atoms with Crippen molar-refractivity contribution in [3.05, 3.63) is 35.7 Å². The van der Waals surface area contributed by atoms with E-state index in [1.807, 2.05) is 34.1 Å². The molecule has 9 heteroatoms. The molecule has 2 aliphatic rings. The smallest absolute Gasteiger partial charge is 0.234 e. The van der Waals surface area contributed by atoms with E-state index in [4.69, 9.17) is 5.10 Å². The summed E-state index contributed by atoms with van der Waals surface area (Å²) in [5, 5.41) is 13.9. The third-order valence-corrected chi connectivity index (χ3v) is 7.26. The van der Waals surface area contributed by atoms with Crippen LogP contribution in [0.3, 0.4) is 0 Å². The number of aromatic nitrogens is 4. The first kappa shape index (κ1) is 21.1. The third kappa shape index (κ3) is 4.53. The number of benzene rings is 1. The van der Waals surface area contributed by atoms with Crippen molar-refractivity contribution in [2.24, 2.45) is 0 Å². The first-order chi connectivity index (χ1) is 15.7. The van der Waals surface area contributed by atoms with Gasteiger partial charge in [0.1, 0.15) is 5.01 Å². The van der Waals surface area contributed by atoms with Crippen molar-refractivity contribution >= 4 is 28.1 Å². The van der Waals surface area contributed by atoms with Crippen molar-refractivity contribution in [3.63, 3.8) is 0 Å². The second-order valence-electron chi connectivity index (χ2n) is 8.65. The fourth-order valence-electron chi connectivity index (χ4n) is 4.52. The second-order valence-corrected chi connectivity index (χ2v) is 9.61. The lowest BCUT2D eigenvalue weighted by Crippen LogP contribution is -2.37. The van der Waals surface area contributed by atoms with Crippen molar-refractivity contribution in [3.8, 4) is 10.6 Å². The van der Waals surface area contributed by atoms with Gasteiger partial charge in [0.15, 0.2) is 5.82 Å². The molecule has 0 radical (unpaired) electrons. The quantitative estimate of drug-likeness (QED) is 0.594. The van der Waals surface area contributed by atoms with Crippen LogP contribution < -0.4 is 0 Å². The summed E-state index contributed by atoms with van der Waals surface area (Å²) in [6.07, 6.45) is 7.37. The highest BCUT2D eigenvalue weighted by Gasteiger charge is 2.21. The SMILES string of the molecule is O=C(Cc1cccc(-c2nn3c(CC(=O)N4CCCCC4)nnc3s2)c1)N1CCCCC1. The fourth-order valence-corrected chi connectivity index (χ4v) is 5.37. The molecule has 2 saturated heterocycles. The molecule has 0 aliphatic carbocycles. The number of rotatable bonds is 5. The fraction of sp³-hybridized carbons (Fsp3) is 0.522. The summed E-state index contributed by atoms with van der Waals surface area (Å²) in [6.45, 7) is 3.39. The Kier molecular flexibility index (Phi) is 6.16. The minimum absolute atomic E-state index is 0.0896. The highest BCUT2D eigenvalue weighted by atomic mass is 32.1. The summed E-state index contributed by atoms with van der Waals surface area (Å²) in [5.41, 5.74) is 1.95. The highest BCUT2D eigenvalue weighted by molar-refractivity contribution is 7.19. The van der Waals surface area contributed by atoms with E-state index < -0.39 is 0 Å². The van der Waals surface area contributed by atoms with Crippen molar-refractivity contribution in [1.82, 2.24) is 29.6 Å². The number of hydrogen-bond donors (Lipinski definition) is 0. The van der Waals surface area contributed by atoms with Crippen LogP contribution in [0.4, 0.5) is 0 Å². The molecule has 2 amide bonds. The molecule has 168 valence electrons. The maximum atomic E-state index is 12.6. The van der Waals surface area contributed by atoms with E-state index in [-0.39, 0.29) is 18.2 Å². The molecule has 4 heterocycles. The van der Waals surface area contributed by atoms with Crippen LogP contribution in [-0.4, -0.2) is 67.6 Å². The molecule has 0 N–H and O–H groups in total. The summed E-state index contributed by atoms with van der Waals surface area (Å²) in [5.74, 6) is 0.861. The Morgan fingerprint density at radius 1 is 0.844 bits per heavy atom. The third-order valence-electron chi connectivity index (χ3n) is 6.31. The Labute approximate surface area is 191 Å². The van der Waals surface area contributed by atoms with Crippen molar-refractivity contribution in [2.45, 2.75) is 51.4 Å². The summed E-state index contributed by atoms with van der Waals surface area (Å²) in [6, 6.07) is 8.00. The second kappa shape index (κ2) is 9.36. The maximum absolute atomic E-state index is 12.6. The summed E-state index contributed by atoms with van der Waals surface area (Å²) in [4.78, 5) is 29.9. The van der Waals surface area contributed by atoms with Crippen LogP contribution in [0.1, 0.15) is 49.9 Å². The van der Waals surface area contributed by atoms with Crippen LogP contribution in [0.25, 0.3) is 15.5 Å². The maximum Gasteiger partial charge on any atom is 0.234 e. The van der Waals surface area contributed by atoms with Gasteiger partial charge in [-0.2, -0.15) is 9.61 Å². The standard InChI is InChI=1S/C23H28N6O2S/c30-20(27-10-3-1-4-11-27)15-17-8-7-9-18(14-17)22-26-29-19(24-25-23(29)32-22)16-21(31)28-12-5-2-6-13-28/h7-9,14H,1-6,10-13,15-16H2. The van der Waals surface area contributed by atoms with Crippen LogP contribution in [0.5, 0.6) is 0 Å². The monoisotopic (exact) mass is 452 g/mol. The average Bonchev–Trinajstić information content (AvgIpc) is 3.42. The van der Waals surface area contributed by atoms with Gasteiger partial charge in [-0.25, -0.2) is 0 Å². The van der Waals surface area contributed by atoms with Crippen LogP contribution >= 0.6 is 11.3 Å². The van der Waals surface area contributed by atoms with Crippen LogP contribution in [0, 0.1) is 0 Å². The summed E-state index contributed by atoms with van der Waals surface area (Å²) >= 11 is 1.45. The number of piperidine rings is 2. The van der Waals surface area contributed by atoms with Crippen molar-refractivity contribution in [1.29, 1.82) is 0 Å². The van der Waals surface area contributed by atoms with Crippen molar-refractivity contribution < 1.29 is 9.59 Å². The Morgan fingerprint density at radius 2 is 1.50 bits per heavy atom. The lowest BCUT2D eigenvalue weighted by atomic mass is 10.1. The molecule has 0 saturated carbocycles. The molecule has 0 spiro atoms. The summed E-state index contributed by atoms with van der Waals surface area (Å²) < 4.78 is 1.69. The number of nitrogens with zero attached hydrogens (tertiary/aromatic N) is 6. The highest BCUT2D eigenvalue weighted by Crippen LogP contribution is 2.27. The van der Waals surface area contributed by atoms with Gasteiger partial charge in [0.25, 0.3) is 0 Å². The predicted molar refractivity (Wildman–Crippen MR) is 122 cm³/mol. The van der Waals surface area contributed by atoms with Gasteiger partial charge in [0, 0.05) is 31.7 Å². The molecule has 2 aromatic heterocycles. The number of likely N-dealkylation sites (tertiary alicyclic amines) is 2. The first-order valence-electron chi connectivity index (χ1n) is 11.5. The Balaban J connectivity index is 1.31. The molecule has 1 aromatic carbocycles. The Hall–Kier alpha value is -2.81. The Morgan fingerprint density at radius 3 is 2.19 bits per heavy atom. The lowest BCUT2D eigenvalue weighted by molar-refractivity contribution is -0.132. The van der Waals surface area contributed by atoms with Gasteiger partial charge in [0.2, 0.25) is 16.8 Å². The molecule has 5 rings (SSSR count). The largest absolute Gasteiger partial charge is 0.342 e. The molecule has 8 nitrogen and oxygen atoms in total. The van der Waals surface area contributed by atoms with Crippen LogP contribution in [0.15, 0.2) is 24.3 Å². The molecule has 0 bridgehead atoms. The van der Waals surface area contributed by atoms with E-state index in [0.29, 0.717) is 17.2 Å². The molecule has 0 unspecified atom stereocenters. The minimum Gasteiger partial charge on any atom is -0.342 e. The van der Waals surface area contributed by atoms with Gasteiger partial charge in [-0.1, -0.05) is 29.5 Å². The molecule has 0 atom stereocenters. The van der Waals surface area contributed by atoms with E-state index in [0.717, 1.165) is 68.0 Å². The molecule has 3 aromatic rings. The zero-order chi connectivity index (χ0) is 21.9. The van der Waals surface area contributed by atoms with E-state index in [1.165, 1.54) is 24.2 Å². The number of carbonyl (C=O) groups excluding carboxylic acids is 2. The number of fused-ring (bicyclic) bond motifs is 1. The first-order valence-corrected chi connectivity index (χ1v) is 12.3. The van der Waals surface area contributed by atoms with Gasteiger partial charge in [-0.15, -0.1) is 10.2 Å². The summed E-state index contributed by atoms with van der Waals surface area (Å²) in [7, 11) is 0. The van der Waals surface area contributed by atoms with Crippen LogP contribution in [-0.2, 0) is 22.4 Å². The Bertz CT molecular complexity index is 1110. The van der Waals surface area contributed by atoms with E-state index in [1.54, 1.807) is 4.52 Å². The van der Waals surface area contributed by atoms with Gasteiger partial charge < -0.3 is 9.80 Å². The average molecular weight is 453 g/mol. The lowest BCUT2D eigenvalue weighted by Gasteiger charge is -2.26. The van der Waals surface area contributed by atoms with Gasteiger partial charge in [-0.3, -0.25) is 9.59 Å². The normalized spacial score (nSPS) is 17.1. The topological polar surface area (TPSA) is 83.7 Å².